The monoisotopic (exact) mass is 126 g/mol. The average molecular weight is 126 g/mol. The van der Waals surface area contributed by atoms with E-state index < -0.39 is 0 Å². The first-order chi connectivity index (χ1) is 4.22. The molecule has 0 aliphatic carbocycles. The molecule has 9 heavy (non-hydrogen) atoms. The zero-order valence-corrected chi connectivity index (χ0v) is 5.64. The van der Waals surface area contributed by atoms with Gasteiger partial charge in [-0.05, 0) is 6.92 Å². The second-order valence-corrected chi connectivity index (χ2v) is 1.63. The fraction of sp³-hybridized carbons (Fsp3) is 0.500. The number of nitrogens with one attached hydrogen (secondary N) is 1. The lowest BCUT2D eigenvalue weighted by atomic mass is 10.3. The van der Waals surface area contributed by atoms with Crippen LogP contribution < -0.4 is 5.32 Å². The summed E-state index contributed by atoms with van der Waals surface area (Å²) in [7, 11) is 1.74. The minimum Gasteiger partial charge on any atom is -0.418 e. The van der Waals surface area contributed by atoms with E-state index in [1.165, 1.54) is 0 Å². The Labute approximate surface area is 54.9 Å². The van der Waals surface area contributed by atoms with Crippen molar-refractivity contribution in [3.05, 3.63) is 12.3 Å². The van der Waals surface area contributed by atoms with Gasteiger partial charge < -0.3 is 10.1 Å². The van der Waals surface area contributed by atoms with E-state index in [2.05, 4.69) is 16.6 Å². The fourth-order valence-electron chi connectivity index (χ4n) is 0.353. The lowest BCUT2D eigenvalue weighted by Crippen LogP contribution is -2.18. The van der Waals surface area contributed by atoms with Crippen molar-refractivity contribution in [3.8, 4) is 6.26 Å². The van der Waals surface area contributed by atoms with Crippen molar-refractivity contribution in [2.75, 3.05) is 7.05 Å². The zero-order chi connectivity index (χ0) is 7.28. The first-order valence-electron chi connectivity index (χ1n) is 2.63. The molecule has 0 spiro atoms. The summed E-state index contributed by atoms with van der Waals surface area (Å²) in [6.07, 6.45) is 1.35. The predicted molar refractivity (Wildman–Crippen MR) is 34.4 cm³/mol. The normalized spacial score (nSPS) is 11.2. The van der Waals surface area contributed by atoms with Crippen LogP contribution in [-0.2, 0) is 4.74 Å². The van der Waals surface area contributed by atoms with Crippen LogP contribution in [0.3, 0.4) is 0 Å². The Morgan fingerprint density at radius 1 is 1.89 bits per heavy atom. The van der Waals surface area contributed by atoms with Crippen LogP contribution in [0.2, 0.25) is 0 Å². The molecule has 0 aliphatic heterocycles. The molecule has 0 aromatic heterocycles. The van der Waals surface area contributed by atoms with Crippen LogP contribution in [0.15, 0.2) is 12.3 Å². The third-order valence-electron chi connectivity index (χ3n) is 1.04. The Balaban J connectivity index is 3.62. The highest BCUT2D eigenvalue weighted by Gasteiger charge is 2.02. The van der Waals surface area contributed by atoms with E-state index in [-0.39, 0.29) is 6.10 Å². The molecule has 1 atom stereocenters. The van der Waals surface area contributed by atoms with Crippen LogP contribution in [0.1, 0.15) is 6.92 Å². The maximum Gasteiger partial charge on any atom is 0.286 e. The molecule has 3 heteroatoms. The van der Waals surface area contributed by atoms with E-state index in [0.29, 0.717) is 5.70 Å². The van der Waals surface area contributed by atoms with Crippen LogP contribution in [0, 0.1) is 11.5 Å². The smallest absolute Gasteiger partial charge is 0.286 e. The zero-order valence-electron chi connectivity index (χ0n) is 5.64. The molecule has 0 radical (unpaired) electrons. The van der Waals surface area contributed by atoms with Gasteiger partial charge in [-0.1, -0.05) is 6.58 Å². The van der Waals surface area contributed by atoms with Gasteiger partial charge in [-0.25, -0.2) is 0 Å². The van der Waals surface area contributed by atoms with Crippen LogP contribution in [-0.4, -0.2) is 13.2 Å². The van der Waals surface area contributed by atoms with Crippen LogP contribution in [0.4, 0.5) is 0 Å². The summed E-state index contributed by atoms with van der Waals surface area (Å²) in [5.74, 6) is 0. The third kappa shape index (κ3) is 2.60. The van der Waals surface area contributed by atoms with E-state index in [4.69, 9.17) is 5.26 Å². The maximum atomic E-state index is 8.04. The molecular weight excluding hydrogens is 116 g/mol. The predicted octanol–water partition coefficient (Wildman–Crippen LogP) is 0.606. The molecule has 1 unspecified atom stereocenters. The van der Waals surface area contributed by atoms with Gasteiger partial charge in [-0.15, -0.1) is 0 Å². The third-order valence-corrected chi connectivity index (χ3v) is 1.04. The van der Waals surface area contributed by atoms with Gasteiger partial charge in [0.1, 0.15) is 6.10 Å². The molecule has 0 rings (SSSR count). The van der Waals surface area contributed by atoms with E-state index in [0.717, 1.165) is 0 Å². The van der Waals surface area contributed by atoms with Crippen molar-refractivity contribution in [1.82, 2.24) is 5.32 Å². The average Bonchev–Trinajstić information content (AvgIpc) is 1.87. The van der Waals surface area contributed by atoms with Crippen molar-refractivity contribution in [2.24, 2.45) is 0 Å². The SMILES string of the molecule is C=C(NC)C(C)OC#N. The second kappa shape index (κ2) is 3.79. The van der Waals surface area contributed by atoms with Crippen LogP contribution in [0.25, 0.3) is 0 Å². The summed E-state index contributed by atoms with van der Waals surface area (Å²) in [6, 6.07) is 0. The van der Waals surface area contributed by atoms with Crippen molar-refractivity contribution in [3.63, 3.8) is 0 Å². The summed E-state index contributed by atoms with van der Waals surface area (Å²) in [5, 5.41) is 10.8. The van der Waals surface area contributed by atoms with E-state index in [1.807, 2.05) is 0 Å². The van der Waals surface area contributed by atoms with Gasteiger partial charge in [0.25, 0.3) is 6.26 Å². The molecule has 0 aromatic rings. The Morgan fingerprint density at radius 3 is 2.78 bits per heavy atom. The molecule has 0 amide bonds. The van der Waals surface area contributed by atoms with E-state index >= 15 is 0 Å². The van der Waals surface area contributed by atoms with Crippen LogP contribution >= 0.6 is 0 Å². The van der Waals surface area contributed by atoms with Crippen molar-refractivity contribution >= 4 is 0 Å². The molecule has 0 heterocycles. The van der Waals surface area contributed by atoms with E-state index in [1.54, 1.807) is 20.2 Å². The second-order valence-electron chi connectivity index (χ2n) is 1.63. The highest BCUT2D eigenvalue weighted by atomic mass is 16.5. The van der Waals surface area contributed by atoms with Gasteiger partial charge in [0.2, 0.25) is 0 Å². The summed E-state index contributed by atoms with van der Waals surface area (Å²) in [4.78, 5) is 0. The lowest BCUT2D eigenvalue weighted by Gasteiger charge is -2.09. The van der Waals surface area contributed by atoms with Crippen LogP contribution in [0.5, 0.6) is 0 Å². The summed E-state index contributed by atoms with van der Waals surface area (Å²) in [5.41, 5.74) is 0.705. The maximum absolute atomic E-state index is 8.04. The summed E-state index contributed by atoms with van der Waals surface area (Å²) in [6.45, 7) is 5.36. The number of rotatable bonds is 3. The first-order valence-corrected chi connectivity index (χ1v) is 2.63. The van der Waals surface area contributed by atoms with Crippen molar-refractivity contribution in [1.29, 1.82) is 5.26 Å². The minimum absolute atomic E-state index is 0.236. The first kappa shape index (κ1) is 7.83. The standard InChI is InChI=1S/C6H10N2O/c1-5(8-3)6(2)9-4-7/h6,8H,1H2,2-3H3. The fourth-order valence-corrected chi connectivity index (χ4v) is 0.353. The number of hydrogen-bond donors (Lipinski definition) is 1. The van der Waals surface area contributed by atoms with Gasteiger partial charge in [-0.2, -0.15) is 5.26 Å². The molecular formula is C6H10N2O. The molecule has 0 aromatic carbocycles. The number of hydrogen-bond acceptors (Lipinski definition) is 3. The van der Waals surface area contributed by atoms with Gasteiger partial charge in [0.15, 0.2) is 0 Å². The number of likely N-dealkylation sites (N-methyl/N-ethyl adjacent to an activating group) is 1. The van der Waals surface area contributed by atoms with E-state index in [9.17, 15) is 0 Å². The summed E-state index contributed by atoms with van der Waals surface area (Å²) >= 11 is 0. The summed E-state index contributed by atoms with van der Waals surface area (Å²) < 4.78 is 4.54. The number of nitrogens with zero attached hydrogens (tertiary/aromatic N) is 1. The topological polar surface area (TPSA) is 45.0 Å². The Kier molecular flexibility index (Phi) is 3.29. The molecule has 0 aliphatic rings. The quantitative estimate of drug-likeness (QED) is 0.563. The molecule has 3 nitrogen and oxygen atoms in total. The molecule has 0 fully saturated rings. The van der Waals surface area contributed by atoms with Gasteiger partial charge in [-0.3, -0.25) is 0 Å². The Bertz CT molecular complexity index is 136. The van der Waals surface area contributed by atoms with Gasteiger partial charge in [0, 0.05) is 12.7 Å². The molecule has 0 bridgehead atoms. The lowest BCUT2D eigenvalue weighted by molar-refractivity contribution is 0.206. The molecule has 50 valence electrons. The van der Waals surface area contributed by atoms with Gasteiger partial charge in [0.05, 0.1) is 0 Å². The Morgan fingerprint density at radius 2 is 2.44 bits per heavy atom. The number of ether oxygens (including phenoxy) is 1. The largest absolute Gasteiger partial charge is 0.418 e. The van der Waals surface area contributed by atoms with Gasteiger partial charge >= 0.3 is 0 Å². The molecule has 0 saturated heterocycles. The molecule has 0 saturated carbocycles. The Hall–Kier alpha value is -1.17. The highest BCUT2D eigenvalue weighted by Crippen LogP contribution is 1.96. The minimum atomic E-state index is -0.236. The van der Waals surface area contributed by atoms with Crippen molar-refractivity contribution in [2.45, 2.75) is 13.0 Å². The molecule has 1 N–H and O–H groups in total. The van der Waals surface area contributed by atoms with Crippen molar-refractivity contribution < 1.29 is 4.74 Å². The number of nitriles is 1. The highest BCUT2D eigenvalue weighted by molar-refractivity contribution is 4.97.